The minimum Gasteiger partial charge on any atom is -0.480 e. The lowest BCUT2D eigenvalue weighted by atomic mass is 10.0. The number of hydrogen-bond donors (Lipinski definition) is 3. The van der Waals surface area contributed by atoms with E-state index in [2.05, 4.69) is 25.9 Å². The van der Waals surface area contributed by atoms with Crippen molar-refractivity contribution < 1.29 is 19.1 Å². The lowest BCUT2D eigenvalue weighted by molar-refractivity contribution is -0.115. The van der Waals surface area contributed by atoms with Crippen molar-refractivity contribution in [2.24, 2.45) is 7.05 Å². The van der Waals surface area contributed by atoms with E-state index in [1.54, 1.807) is 17.9 Å². The Hall–Kier alpha value is -3.04. The molecule has 3 N–H and O–H groups in total. The van der Waals surface area contributed by atoms with Gasteiger partial charge in [0.15, 0.2) is 5.82 Å². The zero-order valence-corrected chi connectivity index (χ0v) is 18.1. The fraction of sp³-hybridized carbons (Fsp3) is 0.600. The average Bonchev–Trinajstić information content (AvgIpc) is 3.33. The molecular formula is C20H30N6O4. The van der Waals surface area contributed by atoms with Crippen LogP contribution >= 0.6 is 0 Å². The smallest absolute Gasteiger partial charge is 0.407 e. The summed E-state index contributed by atoms with van der Waals surface area (Å²) >= 11 is 0. The number of aromatic nitrogens is 4. The Kier molecular flexibility index (Phi) is 6.33. The molecule has 164 valence electrons. The van der Waals surface area contributed by atoms with Gasteiger partial charge in [-0.15, -0.1) is 5.10 Å². The molecule has 0 radical (unpaired) electrons. The molecule has 0 aliphatic heterocycles. The van der Waals surface area contributed by atoms with E-state index in [0.29, 0.717) is 17.3 Å². The Morgan fingerprint density at radius 2 is 2.10 bits per heavy atom. The molecule has 2 atom stereocenters. The maximum Gasteiger partial charge on any atom is 0.407 e. The summed E-state index contributed by atoms with van der Waals surface area (Å²) in [7, 11) is 3.30. The van der Waals surface area contributed by atoms with Crippen molar-refractivity contribution >= 4 is 17.8 Å². The van der Waals surface area contributed by atoms with E-state index in [1.807, 2.05) is 26.8 Å². The lowest BCUT2D eigenvalue weighted by Gasteiger charge is -2.22. The molecule has 1 fully saturated rings. The Morgan fingerprint density at radius 1 is 1.33 bits per heavy atom. The summed E-state index contributed by atoms with van der Waals surface area (Å²) in [6, 6.07) is 1.83. The Morgan fingerprint density at radius 3 is 2.80 bits per heavy atom. The minimum atomic E-state index is -0.392. The number of nitrogens with zero attached hydrogens (tertiary/aromatic N) is 3. The van der Waals surface area contributed by atoms with E-state index in [1.165, 1.54) is 7.11 Å². The van der Waals surface area contributed by atoms with Gasteiger partial charge < -0.3 is 20.1 Å². The number of alkyl carbamates (subject to hydrolysis) is 1. The van der Waals surface area contributed by atoms with Gasteiger partial charge in [-0.25, -0.2) is 4.79 Å². The topological polar surface area (TPSA) is 123 Å². The van der Waals surface area contributed by atoms with E-state index < -0.39 is 6.09 Å². The predicted molar refractivity (Wildman–Crippen MR) is 110 cm³/mol. The molecule has 2 amide bonds. The van der Waals surface area contributed by atoms with E-state index in [4.69, 9.17) is 9.47 Å². The first-order valence-corrected chi connectivity index (χ1v) is 10.0. The van der Waals surface area contributed by atoms with E-state index in [-0.39, 0.29) is 29.9 Å². The van der Waals surface area contributed by atoms with E-state index in [0.717, 1.165) is 25.0 Å². The molecule has 10 heteroatoms. The highest BCUT2D eigenvalue weighted by Crippen LogP contribution is 2.35. The van der Waals surface area contributed by atoms with Gasteiger partial charge in [-0.2, -0.15) is 5.10 Å². The fourth-order valence-corrected chi connectivity index (χ4v) is 3.60. The fourth-order valence-electron chi connectivity index (χ4n) is 3.60. The predicted octanol–water partition coefficient (Wildman–Crippen LogP) is 2.49. The quantitative estimate of drug-likeness (QED) is 0.662. The van der Waals surface area contributed by atoms with Crippen LogP contribution < -0.4 is 15.4 Å². The number of carbonyl (C=O) groups excluding carboxylic acids is 2. The minimum absolute atomic E-state index is 0.128. The Labute approximate surface area is 175 Å². The summed E-state index contributed by atoms with van der Waals surface area (Å²) in [5.74, 6) is 0.899. The highest BCUT2D eigenvalue weighted by atomic mass is 16.6. The van der Waals surface area contributed by atoms with Crippen molar-refractivity contribution in [3.05, 3.63) is 23.5 Å². The summed E-state index contributed by atoms with van der Waals surface area (Å²) in [5.41, 5.74) is 1.30. The monoisotopic (exact) mass is 418 g/mol. The molecule has 2 aromatic rings. The molecule has 0 unspecified atom stereocenters. The SMILES string of the molecule is COc1nn(C)cc1CC(=O)Nc1cc([C@H]2CC[C@@H](OC(=O)NC(C)(C)C)C2)[nH]n1. The molecule has 2 aromatic heterocycles. The first-order chi connectivity index (χ1) is 14.1. The highest BCUT2D eigenvalue weighted by molar-refractivity contribution is 5.91. The van der Waals surface area contributed by atoms with Crippen LogP contribution in [0.2, 0.25) is 0 Å². The zero-order chi connectivity index (χ0) is 21.9. The molecule has 2 heterocycles. The molecule has 3 rings (SSSR count). The van der Waals surface area contributed by atoms with Crippen molar-refractivity contribution in [2.75, 3.05) is 12.4 Å². The van der Waals surface area contributed by atoms with Crippen LogP contribution in [0.4, 0.5) is 10.6 Å². The van der Waals surface area contributed by atoms with Crippen molar-refractivity contribution in [1.82, 2.24) is 25.3 Å². The van der Waals surface area contributed by atoms with Crippen molar-refractivity contribution in [2.45, 2.75) is 64.0 Å². The normalized spacial score (nSPS) is 18.8. The second-order valence-electron chi connectivity index (χ2n) is 8.68. The average molecular weight is 418 g/mol. The highest BCUT2D eigenvalue weighted by Gasteiger charge is 2.30. The van der Waals surface area contributed by atoms with E-state index in [9.17, 15) is 9.59 Å². The first-order valence-electron chi connectivity index (χ1n) is 10.0. The van der Waals surface area contributed by atoms with Gasteiger partial charge in [-0.3, -0.25) is 14.6 Å². The van der Waals surface area contributed by atoms with Gasteiger partial charge in [0.2, 0.25) is 11.8 Å². The molecule has 10 nitrogen and oxygen atoms in total. The number of carbonyl (C=O) groups is 2. The van der Waals surface area contributed by atoms with Crippen LogP contribution in [0.1, 0.15) is 57.2 Å². The molecule has 0 spiro atoms. The summed E-state index contributed by atoms with van der Waals surface area (Å²) in [5, 5.41) is 16.9. The molecule has 30 heavy (non-hydrogen) atoms. The summed E-state index contributed by atoms with van der Waals surface area (Å²) in [4.78, 5) is 24.3. The van der Waals surface area contributed by atoms with Gasteiger partial charge >= 0.3 is 6.09 Å². The van der Waals surface area contributed by atoms with Crippen molar-refractivity contribution in [1.29, 1.82) is 0 Å². The maximum atomic E-state index is 12.4. The van der Waals surface area contributed by atoms with Gasteiger partial charge in [-0.05, 0) is 40.0 Å². The van der Waals surface area contributed by atoms with E-state index >= 15 is 0 Å². The van der Waals surface area contributed by atoms with Crippen LogP contribution in [-0.4, -0.2) is 50.7 Å². The Bertz CT molecular complexity index is 897. The largest absolute Gasteiger partial charge is 0.480 e. The number of nitrogens with one attached hydrogen (secondary N) is 3. The van der Waals surface area contributed by atoms with Gasteiger partial charge in [0, 0.05) is 42.0 Å². The van der Waals surface area contributed by atoms with Crippen LogP contribution in [0.15, 0.2) is 12.3 Å². The van der Waals surface area contributed by atoms with Crippen molar-refractivity contribution in [3.63, 3.8) is 0 Å². The van der Waals surface area contributed by atoms with Crippen LogP contribution in [0.25, 0.3) is 0 Å². The zero-order valence-electron chi connectivity index (χ0n) is 18.1. The lowest BCUT2D eigenvalue weighted by Crippen LogP contribution is -2.42. The number of anilines is 1. The number of amides is 2. The number of ether oxygens (including phenoxy) is 2. The second kappa shape index (κ2) is 8.76. The number of methoxy groups -OCH3 is 1. The summed E-state index contributed by atoms with van der Waals surface area (Å²) in [6.45, 7) is 5.74. The first kappa shape index (κ1) is 21.7. The number of aromatic amines is 1. The number of rotatable bonds is 6. The third-order valence-corrected chi connectivity index (χ3v) is 4.85. The molecule has 0 saturated heterocycles. The number of H-pyrrole nitrogens is 1. The van der Waals surface area contributed by atoms with Crippen LogP contribution in [0.3, 0.4) is 0 Å². The standard InChI is InChI=1S/C20H30N6O4/c1-20(2,3)22-19(28)30-14-7-6-12(8-14)15-10-16(24-23-15)21-17(27)9-13-11-26(4)25-18(13)29-5/h10-12,14H,6-9H2,1-5H3,(H,22,28)(H2,21,23,24,27)/t12-,14+/m0/s1. The third kappa shape index (κ3) is 5.74. The van der Waals surface area contributed by atoms with Crippen LogP contribution in [0.5, 0.6) is 5.88 Å². The maximum absolute atomic E-state index is 12.4. The molecule has 1 saturated carbocycles. The Balaban J connectivity index is 1.51. The van der Waals surface area contributed by atoms with Crippen LogP contribution in [-0.2, 0) is 23.0 Å². The van der Waals surface area contributed by atoms with Crippen LogP contribution in [0, 0.1) is 0 Å². The van der Waals surface area contributed by atoms with Gasteiger partial charge in [-0.1, -0.05) is 0 Å². The molecule has 0 bridgehead atoms. The summed E-state index contributed by atoms with van der Waals surface area (Å²) in [6.07, 6.45) is 3.78. The third-order valence-electron chi connectivity index (χ3n) is 4.85. The molecule has 1 aliphatic carbocycles. The molecular weight excluding hydrogens is 388 g/mol. The number of hydrogen-bond acceptors (Lipinski definition) is 6. The second-order valence-corrected chi connectivity index (χ2v) is 8.68. The number of aryl methyl sites for hydroxylation is 1. The van der Waals surface area contributed by atoms with Crippen molar-refractivity contribution in [3.8, 4) is 5.88 Å². The van der Waals surface area contributed by atoms with Gasteiger partial charge in [0.1, 0.15) is 6.10 Å². The molecule has 1 aliphatic rings. The van der Waals surface area contributed by atoms with Gasteiger partial charge in [0.05, 0.1) is 13.5 Å². The summed E-state index contributed by atoms with van der Waals surface area (Å²) < 4.78 is 12.3. The molecule has 0 aromatic carbocycles. The van der Waals surface area contributed by atoms with Gasteiger partial charge in [0.25, 0.3) is 0 Å².